The maximum Gasteiger partial charge on any atom is 0.347 e. The topological polar surface area (TPSA) is 97.2 Å². The van der Waals surface area contributed by atoms with Gasteiger partial charge < -0.3 is 9.84 Å². The molecule has 0 amide bonds. The molecule has 2 heterocycles. The fourth-order valence-corrected chi connectivity index (χ4v) is 1.28. The molecule has 1 aromatic rings. The number of hydrogen-bond donors (Lipinski definition) is 2. The van der Waals surface area contributed by atoms with Gasteiger partial charge in [-0.25, -0.2) is 4.79 Å². The Labute approximate surface area is 83.6 Å². The Kier molecular flexibility index (Phi) is 2.48. The van der Waals surface area contributed by atoms with Crippen molar-refractivity contribution in [1.29, 1.82) is 0 Å². The summed E-state index contributed by atoms with van der Waals surface area (Å²) in [7, 11) is 0. The Morgan fingerprint density at radius 2 is 2.33 bits per heavy atom. The van der Waals surface area contributed by atoms with E-state index in [0.29, 0.717) is 0 Å². The van der Waals surface area contributed by atoms with Gasteiger partial charge in [0.1, 0.15) is 12.3 Å². The second-order valence-corrected chi connectivity index (χ2v) is 3.02. The second kappa shape index (κ2) is 3.79. The molecule has 0 aromatic carbocycles. The molecule has 2 N–H and O–H groups in total. The predicted octanol–water partition coefficient (Wildman–Crippen LogP) is -1.62. The zero-order valence-electron chi connectivity index (χ0n) is 7.66. The molecule has 0 fully saturated rings. The maximum atomic E-state index is 11.3. The van der Waals surface area contributed by atoms with Gasteiger partial charge in [-0.1, -0.05) is 6.08 Å². The summed E-state index contributed by atoms with van der Waals surface area (Å²) in [6.45, 7) is -0.162. The minimum atomic E-state index is -0.675. The van der Waals surface area contributed by atoms with Crippen LogP contribution in [-0.4, -0.2) is 32.6 Å². The number of nitrogens with one attached hydrogen (secondary N) is 1. The van der Waals surface area contributed by atoms with E-state index < -0.39 is 23.6 Å². The van der Waals surface area contributed by atoms with E-state index in [1.165, 1.54) is 0 Å². The molecule has 2 atom stereocenters. The highest BCUT2D eigenvalue weighted by Crippen LogP contribution is 2.17. The van der Waals surface area contributed by atoms with Gasteiger partial charge in [-0.2, -0.15) is 9.78 Å². The van der Waals surface area contributed by atoms with Crippen molar-refractivity contribution in [3.05, 3.63) is 39.2 Å². The smallest absolute Gasteiger partial charge is 0.347 e. The van der Waals surface area contributed by atoms with Crippen LogP contribution in [0.1, 0.15) is 6.23 Å². The first kappa shape index (κ1) is 9.81. The molecule has 0 radical (unpaired) electrons. The Balaban J connectivity index is 2.29. The summed E-state index contributed by atoms with van der Waals surface area (Å²) < 4.78 is 6.23. The monoisotopic (exact) mass is 211 g/mol. The largest absolute Gasteiger partial charge is 0.393 e. The average Bonchev–Trinajstić information content (AvgIpc) is 2.66. The molecule has 7 nitrogen and oxygen atoms in total. The Hall–Kier alpha value is -1.73. The van der Waals surface area contributed by atoms with E-state index in [9.17, 15) is 9.59 Å². The number of ether oxygens (including phenoxy) is 1. The lowest BCUT2D eigenvalue weighted by Gasteiger charge is -2.12. The molecule has 15 heavy (non-hydrogen) atoms. The minimum absolute atomic E-state index is 0.162. The van der Waals surface area contributed by atoms with Gasteiger partial charge in [-0.05, 0) is 6.08 Å². The first-order chi connectivity index (χ1) is 7.20. The predicted molar refractivity (Wildman–Crippen MR) is 49.3 cm³/mol. The highest BCUT2D eigenvalue weighted by Gasteiger charge is 2.21. The summed E-state index contributed by atoms with van der Waals surface area (Å²) in [5, 5.41) is 12.4. The lowest BCUT2D eigenvalue weighted by molar-refractivity contribution is -0.0171. The number of aliphatic hydroxyl groups excluding tert-OH is 1. The Morgan fingerprint density at radius 1 is 1.53 bits per heavy atom. The van der Waals surface area contributed by atoms with Crippen molar-refractivity contribution in [3.8, 4) is 0 Å². The fourth-order valence-electron chi connectivity index (χ4n) is 1.28. The molecule has 0 unspecified atom stereocenters. The van der Waals surface area contributed by atoms with E-state index in [4.69, 9.17) is 9.84 Å². The van der Waals surface area contributed by atoms with Gasteiger partial charge in [0.25, 0.3) is 5.56 Å². The third-order valence-electron chi connectivity index (χ3n) is 1.96. The van der Waals surface area contributed by atoms with Crippen LogP contribution in [0.2, 0.25) is 0 Å². The number of H-pyrrole nitrogens is 1. The fraction of sp³-hybridized carbons (Fsp3) is 0.375. The van der Waals surface area contributed by atoms with Crippen molar-refractivity contribution in [3.63, 3.8) is 0 Å². The van der Waals surface area contributed by atoms with Gasteiger partial charge in [0.2, 0.25) is 0 Å². The van der Waals surface area contributed by atoms with Crippen LogP contribution < -0.4 is 11.2 Å². The average molecular weight is 211 g/mol. The molecular formula is C8H9N3O4. The highest BCUT2D eigenvalue weighted by atomic mass is 16.5. The van der Waals surface area contributed by atoms with Crippen molar-refractivity contribution < 1.29 is 9.84 Å². The van der Waals surface area contributed by atoms with Crippen molar-refractivity contribution in [2.24, 2.45) is 0 Å². The van der Waals surface area contributed by atoms with Gasteiger partial charge in [-0.3, -0.25) is 9.78 Å². The van der Waals surface area contributed by atoms with Crippen LogP contribution in [0.25, 0.3) is 0 Å². The maximum absolute atomic E-state index is 11.3. The zero-order valence-corrected chi connectivity index (χ0v) is 7.66. The quantitative estimate of drug-likeness (QED) is 0.573. The van der Waals surface area contributed by atoms with E-state index in [-0.39, 0.29) is 6.61 Å². The van der Waals surface area contributed by atoms with Crippen LogP contribution in [0, 0.1) is 0 Å². The third-order valence-corrected chi connectivity index (χ3v) is 1.96. The van der Waals surface area contributed by atoms with Crippen molar-refractivity contribution in [1.82, 2.24) is 14.8 Å². The normalized spacial score (nSPS) is 24.6. The number of aliphatic hydroxyl groups is 1. The molecule has 0 saturated heterocycles. The molecule has 0 aliphatic carbocycles. The zero-order chi connectivity index (χ0) is 10.8. The first-order valence-corrected chi connectivity index (χ1v) is 4.33. The molecule has 0 spiro atoms. The van der Waals surface area contributed by atoms with Crippen molar-refractivity contribution in [2.45, 2.75) is 12.3 Å². The standard InChI is InChI=1S/C8H9N3O4/c12-4-5-1-2-7(15-5)11-8(14)10-6(13)3-9-11/h1-3,5,7,12H,4H2,(H,10,13,14)/t5-,7+/m0/s1. The van der Waals surface area contributed by atoms with Gasteiger partial charge in [0.15, 0.2) is 6.23 Å². The molecule has 0 saturated carbocycles. The number of hydrogen-bond acceptors (Lipinski definition) is 5. The van der Waals surface area contributed by atoms with Crippen LogP contribution in [0.4, 0.5) is 0 Å². The number of aromatic amines is 1. The molecular weight excluding hydrogens is 202 g/mol. The lowest BCUT2D eigenvalue weighted by atomic mass is 10.4. The van der Waals surface area contributed by atoms with E-state index in [2.05, 4.69) is 10.1 Å². The lowest BCUT2D eigenvalue weighted by Crippen LogP contribution is -2.34. The SMILES string of the molecule is O=c1cnn([C@H]2C=C[C@@H](CO)O2)c(=O)[nH]1. The van der Waals surface area contributed by atoms with Crippen LogP contribution in [0.5, 0.6) is 0 Å². The Bertz CT molecular complexity index is 489. The van der Waals surface area contributed by atoms with Crippen molar-refractivity contribution in [2.75, 3.05) is 6.61 Å². The third kappa shape index (κ3) is 1.88. The number of aromatic nitrogens is 3. The van der Waals surface area contributed by atoms with Crippen LogP contribution >= 0.6 is 0 Å². The van der Waals surface area contributed by atoms with E-state index in [1.807, 2.05) is 0 Å². The molecule has 1 aliphatic heterocycles. The molecule has 1 aromatic heterocycles. The molecule has 7 heteroatoms. The van der Waals surface area contributed by atoms with Crippen LogP contribution in [0.15, 0.2) is 27.9 Å². The number of rotatable bonds is 2. The highest BCUT2D eigenvalue weighted by molar-refractivity contribution is 4.99. The van der Waals surface area contributed by atoms with E-state index in [0.717, 1.165) is 10.9 Å². The van der Waals surface area contributed by atoms with Crippen LogP contribution in [0.3, 0.4) is 0 Å². The number of nitrogens with zero attached hydrogens (tertiary/aromatic N) is 2. The summed E-state index contributed by atoms with van der Waals surface area (Å²) in [6, 6.07) is 0. The van der Waals surface area contributed by atoms with Crippen molar-refractivity contribution >= 4 is 0 Å². The summed E-state index contributed by atoms with van der Waals surface area (Å²) in [4.78, 5) is 24.1. The minimum Gasteiger partial charge on any atom is -0.393 e. The molecule has 1 aliphatic rings. The van der Waals surface area contributed by atoms with E-state index in [1.54, 1.807) is 12.2 Å². The van der Waals surface area contributed by atoms with Gasteiger partial charge in [0.05, 0.1) is 6.61 Å². The molecule has 80 valence electrons. The second-order valence-electron chi connectivity index (χ2n) is 3.02. The molecule has 0 bridgehead atoms. The first-order valence-electron chi connectivity index (χ1n) is 4.33. The van der Waals surface area contributed by atoms with E-state index >= 15 is 0 Å². The van der Waals surface area contributed by atoms with Gasteiger partial charge in [0, 0.05) is 0 Å². The van der Waals surface area contributed by atoms with Crippen LogP contribution in [-0.2, 0) is 4.74 Å². The summed E-state index contributed by atoms with van der Waals surface area (Å²) in [6.07, 6.45) is 3.10. The van der Waals surface area contributed by atoms with Gasteiger partial charge in [-0.15, -0.1) is 0 Å². The summed E-state index contributed by atoms with van der Waals surface area (Å²) in [5.74, 6) is 0. The summed E-state index contributed by atoms with van der Waals surface area (Å²) in [5.41, 5.74) is -1.20. The summed E-state index contributed by atoms with van der Waals surface area (Å²) >= 11 is 0. The van der Waals surface area contributed by atoms with Gasteiger partial charge >= 0.3 is 5.69 Å². The Morgan fingerprint density at radius 3 is 2.93 bits per heavy atom. The molecule has 2 rings (SSSR count).